The fourth-order valence-electron chi connectivity index (χ4n) is 3.79. The molecule has 1 aliphatic rings. The first kappa shape index (κ1) is 23.2. The molecule has 1 atom stereocenters. The Morgan fingerprint density at radius 2 is 1.91 bits per heavy atom. The normalized spacial score (nSPS) is 16.4. The van der Waals surface area contributed by atoms with E-state index >= 15 is 0 Å². The van der Waals surface area contributed by atoms with Crippen LogP contribution in [-0.2, 0) is 22.6 Å². The Bertz CT molecular complexity index is 1040. The highest BCUT2D eigenvalue weighted by Gasteiger charge is 2.21. The van der Waals surface area contributed by atoms with Gasteiger partial charge in [0.1, 0.15) is 0 Å². The molecule has 0 bridgehead atoms. The van der Waals surface area contributed by atoms with E-state index in [-0.39, 0.29) is 17.8 Å². The van der Waals surface area contributed by atoms with Gasteiger partial charge in [-0.15, -0.1) is 16.8 Å². The van der Waals surface area contributed by atoms with Gasteiger partial charge in [-0.3, -0.25) is 14.3 Å². The Labute approximate surface area is 198 Å². The molecule has 33 heavy (non-hydrogen) atoms. The number of benzene rings is 2. The standard InChI is InChI=1S/C25H29N5O2S/c1-2-13-30-24(21-11-7-4-8-12-21)27-28-25(30)33-19-23(31)26-16-22-18-29(14-15-32-22)17-20-9-5-3-6-10-20/h2-12,22H,1,13-19H2,(H,26,31). The van der Waals surface area contributed by atoms with Gasteiger partial charge in [0, 0.05) is 38.3 Å². The number of hydrogen-bond donors (Lipinski definition) is 1. The summed E-state index contributed by atoms with van der Waals surface area (Å²) in [6.07, 6.45) is 1.80. The van der Waals surface area contributed by atoms with Gasteiger partial charge in [0.2, 0.25) is 5.91 Å². The van der Waals surface area contributed by atoms with E-state index in [2.05, 4.69) is 51.3 Å². The molecule has 1 aliphatic heterocycles. The average molecular weight is 464 g/mol. The summed E-state index contributed by atoms with van der Waals surface area (Å²) in [4.78, 5) is 14.9. The molecular weight excluding hydrogens is 434 g/mol. The van der Waals surface area contributed by atoms with Crippen LogP contribution >= 0.6 is 11.8 Å². The van der Waals surface area contributed by atoms with Crippen LogP contribution in [0.25, 0.3) is 11.4 Å². The van der Waals surface area contributed by atoms with Crippen LogP contribution < -0.4 is 5.32 Å². The number of amides is 1. The SMILES string of the molecule is C=CCn1c(SCC(=O)NCC2CN(Cc3ccccc3)CCO2)nnc1-c1ccccc1. The number of nitrogens with zero attached hydrogens (tertiary/aromatic N) is 4. The first-order valence-electron chi connectivity index (χ1n) is 11.1. The molecular formula is C25H29N5O2S. The topological polar surface area (TPSA) is 72.3 Å². The van der Waals surface area contributed by atoms with Crippen molar-refractivity contribution in [3.05, 3.63) is 78.9 Å². The van der Waals surface area contributed by atoms with Crippen molar-refractivity contribution >= 4 is 17.7 Å². The zero-order valence-electron chi connectivity index (χ0n) is 18.6. The summed E-state index contributed by atoms with van der Waals surface area (Å²) in [5.41, 5.74) is 2.27. The van der Waals surface area contributed by atoms with E-state index in [0.717, 1.165) is 31.0 Å². The van der Waals surface area contributed by atoms with E-state index < -0.39 is 0 Å². The second kappa shape index (κ2) is 11.8. The third-order valence-electron chi connectivity index (χ3n) is 5.39. The van der Waals surface area contributed by atoms with Gasteiger partial charge in [0.25, 0.3) is 0 Å². The number of thioether (sulfide) groups is 1. The largest absolute Gasteiger partial charge is 0.374 e. The van der Waals surface area contributed by atoms with Crippen molar-refractivity contribution in [3.8, 4) is 11.4 Å². The molecule has 0 spiro atoms. The highest BCUT2D eigenvalue weighted by atomic mass is 32.2. The van der Waals surface area contributed by atoms with Crippen molar-refractivity contribution in [2.75, 3.05) is 32.0 Å². The molecule has 1 fully saturated rings. The number of ether oxygens (including phenoxy) is 1. The minimum atomic E-state index is -0.0433. The van der Waals surface area contributed by atoms with Crippen LogP contribution in [0.15, 0.2) is 78.5 Å². The van der Waals surface area contributed by atoms with Crippen LogP contribution in [0.5, 0.6) is 0 Å². The van der Waals surface area contributed by atoms with Gasteiger partial charge >= 0.3 is 0 Å². The van der Waals surface area contributed by atoms with Crippen LogP contribution in [0.4, 0.5) is 0 Å². The predicted octanol–water partition coefficient (Wildman–Crippen LogP) is 3.24. The van der Waals surface area contributed by atoms with E-state index in [9.17, 15) is 4.79 Å². The summed E-state index contributed by atoms with van der Waals surface area (Å²) in [6, 6.07) is 20.3. The lowest BCUT2D eigenvalue weighted by atomic mass is 10.2. The number of allylic oxidation sites excluding steroid dienone is 1. The molecule has 0 saturated carbocycles. The van der Waals surface area contributed by atoms with Gasteiger partial charge in [0.05, 0.1) is 18.5 Å². The van der Waals surface area contributed by atoms with Gasteiger partial charge < -0.3 is 10.1 Å². The van der Waals surface area contributed by atoms with Crippen molar-refractivity contribution in [3.63, 3.8) is 0 Å². The molecule has 4 rings (SSSR count). The number of rotatable bonds is 10. The first-order chi connectivity index (χ1) is 16.2. The van der Waals surface area contributed by atoms with Gasteiger partial charge in [-0.2, -0.15) is 0 Å². The lowest BCUT2D eigenvalue weighted by Gasteiger charge is -2.33. The van der Waals surface area contributed by atoms with Gasteiger partial charge in [-0.25, -0.2) is 0 Å². The van der Waals surface area contributed by atoms with Crippen LogP contribution in [-0.4, -0.2) is 63.7 Å². The highest BCUT2D eigenvalue weighted by Crippen LogP contribution is 2.23. The Hall–Kier alpha value is -2.94. The Morgan fingerprint density at radius 3 is 2.67 bits per heavy atom. The zero-order chi connectivity index (χ0) is 22.9. The van der Waals surface area contributed by atoms with Crippen LogP contribution in [0, 0.1) is 0 Å². The smallest absolute Gasteiger partial charge is 0.230 e. The van der Waals surface area contributed by atoms with Crippen LogP contribution in [0.3, 0.4) is 0 Å². The summed E-state index contributed by atoms with van der Waals surface area (Å²) in [5.74, 6) is 0.996. The summed E-state index contributed by atoms with van der Waals surface area (Å²) >= 11 is 1.38. The van der Waals surface area contributed by atoms with E-state index in [0.29, 0.717) is 24.9 Å². The molecule has 3 aromatic rings. The summed E-state index contributed by atoms with van der Waals surface area (Å²) < 4.78 is 7.84. The fraction of sp³-hybridized carbons (Fsp3) is 0.320. The summed E-state index contributed by atoms with van der Waals surface area (Å²) in [7, 11) is 0. The minimum absolute atomic E-state index is 0.00878. The zero-order valence-corrected chi connectivity index (χ0v) is 19.4. The Morgan fingerprint density at radius 1 is 1.15 bits per heavy atom. The molecule has 1 N–H and O–H groups in total. The van der Waals surface area contributed by atoms with Crippen molar-refractivity contribution in [1.29, 1.82) is 0 Å². The molecule has 2 heterocycles. The molecule has 1 aromatic heterocycles. The number of morpholine rings is 1. The maximum Gasteiger partial charge on any atom is 0.230 e. The molecule has 1 unspecified atom stereocenters. The maximum absolute atomic E-state index is 12.5. The van der Waals surface area contributed by atoms with Gasteiger partial charge in [-0.1, -0.05) is 78.5 Å². The van der Waals surface area contributed by atoms with E-state index in [4.69, 9.17) is 4.74 Å². The number of carbonyl (C=O) groups is 1. The number of aromatic nitrogens is 3. The van der Waals surface area contributed by atoms with Gasteiger partial charge in [-0.05, 0) is 5.56 Å². The number of carbonyl (C=O) groups excluding carboxylic acids is 1. The van der Waals surface area contributed by atoms with Crippen LogP contribution in [0.2, 0.25) is 0 Å². The van der Waals surface area contributed by atoms with E-state index in [1.165, 1.54) is 17.3 Å². The monoisotopic (exact) mass is 463 g/mol. The lowest BCUT2D eigenvalue weighted by molar-refractivity contribution is -0.119. The molecule has 2 aromatic carbocycles. The maximum atomic E-state index is 12.5. The fourth-order valence-corrected chi connectivity index (χ4v) is 4.57. The molecule has 172 valence electrons. The molecule has 1 saturated heterocycles. The lowest BCUT2D eigenvalue weighted by Crippen LogP contribution is -2.47. The van der Waals surface area contributed by atoms with Crippen LogP contribution in [0.1, 0.15) is 5.56 Å². The quantitative estimate of drug-likeness (QED) is 0.368. The van der Waals surface area contributed by atoms with E-state index in [1.54, 1.807) is 0 Å². The van der Waals surface area contributed by atoms with Crippen molar-refractivity contribution in [2.24, 2.45) is 0 Å². The Balaban J connectivity index is 1.26. The first-order valence-corrected chi connectivity index (χ1v) is 12.1. The van der Waals surface area contributed by atoms with Gasteiger partial charge in [0.15, 0.2) is 11.0 Å². The average Bonchev–Trinajstić information content (AvgIpc) is 3.25. The summed E-state index contributed by atoms with van der Waals surface area (Å²) in [5, 5.41) is 12.3. The van der Waals surface area contributed by atoms with Crippen molar-refractivity contribution < 1.29 is 9.53 Å². The molecule has 0 radical (unpaired) electrons. The minimum Gasteiger partial charge on any atom is -0.374 e. The third kappa shape index (κ3) is 6.54. The Kier molecular flexibility index (Phi) is 8.30. The highest BCUT2D eigenvalue weighted by molar-refractivity contribution is 7.99. The summed E-state index contributed by atoms with van der Waals surface area (Å²) in [6.45, 7) is 8.19. The molecule has 7 nitrogen and oxygen atoms in total. The molecule has 1 amide bonds. The molecule has 0 aliphatic carbocycles. The third-order valence-corrected chi connectivity index (χ3v) is 6.36. The molecule has 8 heteroatoms. The number of hydrogen-bond acceptors (Lipinski definition) is 6. The van der Waals surface area contributed by atoms with E-state index in [1.807, 2.05) is 47.0 Å². The predicted molar refractivity (Wildman–Crippen MR) is 131 cm³/mol. The second-order valence-electron chi connectivity index (χ2n) is 7.88. The second-order valence-corrected chi connectivity index (χ2v) is 8.82. The number of nitrogens with one attached hydrogen (secondary N) is 1. The van der Waals surface area contributed by atoms with Crippen molar-refractivity contribution in [1.82, 2.24) is 25.0 Å². The van der Waals surface area contributed by atoms with Crippen molar-refractivity contribution in [2.45, 2.75) is 24.3 Å².